The predicted octanol–water partition coefficient (Wildman–Crippen LogP) is 2.45. The summed E-state index contributed by atoms with van der Waals surface area (Å²) in [6, 6.07) is 6.71. The number of hydrogen-bond donors (Lipinski definition) is 2. The van der Waals surface area contributed by atoms with Crippen molar-refractivity contribution >= 4 is 23.4 Å². The molecule has 8 nitrogen and oxygen atoms in total. The van der Waals surface area contributed by atoms with Crippen molar-refractivity contribution < 1.29 is 24.0 Å². The molecule has 0 atom stereocenters. The SMILES string of the molecule is Cc1cccc(C(=O)O)c1NC(=O)c1ccc([N+](=O)[O-])o1. The fourth-order valence-electron chi connectivity index (χ4n) is 1.73. The summed E-state index contributed by atoms with van der Waals surface area (Å²) in [6.07, 6.45) is 0. The van der Waals surface area contributed by atoms with Crippen LogP contribution >= 0.6 is 0 Å². The standard InChI is InChI=1S/C13H10N2O6/c1-7-3-2-4-8(13(17)18)11(7)14-12(16)9-5-6-10(21-9)15(19)20/h2-6H,1H3,(H,14,16)(H,17,18). The minimum absolute atomic E-state index is 0.0793. The summed E-state index contributed by atoms with van der Waals surface area (Å²) in [4.78, 5) is 32.8. The van der Waals surface area contributed by atoms with E-state index in [1.807, 2.05) is 0 Å². The first-order valence-corrected chi connectivity index (χ1v) is 5.78. The molecular formula is C13H10N2O6. The number of carbonyl (C=O) groups excluding carboxylic acids is 1. The minimum atomic E-state index is -1.19. The van der Waals surface area contributed by atoms with Gasteiger partial charge < -0.3 is 14.8 Å². The number of aryl methyl sites for hydroxylation is 1. The van der Waals surface area contributed by atoms with Gasteiger partial charge in [-0.3, -0.25) is 14.9 Å². The van der Waals surface area contributed by atoms with E-state index in [9.17, 15) is 19.7 Å². The highest BCUT2D eigenvalue weighted by Crippen LogP contribution is 2.23. The van der Waals surface area contributed by atoms with Gasteiger partial charge in [-0.1, -0.05) is 12.1 Å². The fraction of sp³-hybridized carbons (Fsp3) is 0.0769. The fourth-order valence-corrected chi connectivity index (χ4v) is 1.73. The number of amides is 1. The number of carboxylic acids is 1. The number of carbonyl (C=O) groups is 2. The maximum atomic E-state index is 12.0. The molecule has 0 aliphatic heterocycles. The highest BCUT2D eigenvalue weighted by Gasteiger charge is 2.20. The van der Waals surface area contributed by atoms with Crippen molar-refractivity contribution in [3.63, 3.8) is 0 Å². The third-order valence-electron chi connectivity index (χ3n) is 2.74. The molecule has 1 aromatic carbocycles. The lowest BCUT2D eigenvalue weighted by atomic mass is 10.1. The molecule has 1 heterocycles. The normalized spacial score (nSPS) is 10.1. The average Bonchev–Trinajstić information content (AvgIpc) is 2.90. The Bertz CT molecular complexity index is 734. The lowest BCUT2D eigenvalue weighted by Crippen LogP contribution is -2.15. The summed E-state index contributed by atoms with van der Waals surface area (Å²) in [5, 5.41) is 22.0. The number of para-hydroxylation sites is 1. The van der Waals surface area contributed by atoms with E-state index >= 15 is 0 Å². The third-order valence-corrected chi connectivity index (χ3v) is 2.74. The van der Waals surface area contributed by atoms with E-state index in [2.05, 4.69) is 5.32 Å². The summed E-state index contributed by atoms with van der Waals surface area (Å²) in [5.41, 5.74) is 0.586. The Balaban J connectivity index is 2.31. The molecule has 8 heteroatoms. The van der Waals surface area contributed by atoms with Crippen LogP contribution in [0, 0.1) is 17.0 Å². The van der Waals surface area contributed by atoms with E-state index in [0.717, 1.165) is 12.1 Å². The van der Waals surface area contributed by atoms with Crippen LogP contribution in [0.15, 0.2) is 34.7 Å². The maximum absolute atomic E-state index is 12.0. The second kappa shape index (κ2) is 5.45. The van der Waals surface area contributed by atoms with Crippen LogP contribution < -0.4 is 5.32 Å². The average molecular weight is 290 g/mol. The Morgan fingerprint density at radius 1 is 1.29 bits per heavy atom. The number of benzene rings is 1. The first-order valence-electron chi connectivity index (χ1n) is 5.78. The quantitative estimate of drug-likeness (QED) is 0.658. The van der Waals surface area contributed by atoms with Gasteiger partial charge in [0, 0.05) is 0 Å². The zero-order valence-corrected chi connectivity index (χ0v) is 10.8. The van der Waals surface area contributed by atoms with Gasteiger partial charge in [0.25, 0.3) is 5.91 Å². The van der Waals surface area contributed by atoms with Gasteiger partial charge in [0.1, 0.15) is 4.92 Å². The number of furan rings is 1. The van der Waals surface area contributed by atoms with Crippen molar-refractivity contribution in [1.29, 1.82) is 0 Å². The molecule has 2 aromatic rings. The molecule has 2 N–H and O–H groups in total. The summed E-state index contributed by atoms with van der Waals surface area (Å²) in [7, 11) is 0. The monoisotopic (exact) mass is 290 g/mol. The smallest absolute Gasteiger partial charge is 0.433 e. The third kappa shape index (κ3) is 2.89. The van der Waals surface area contributed by atoms with Crippen molar-refractivity contribution in [1.82, 2.24) is 0 Å². The Morgan fingerprint density at radius 2 is 2.00 bits per heavy atom. The zero-order valence-electron chi connectivity index (χ0n) is 10.8. The van der Waals surface area contributed by atoms with Gasteiger partial charge in [-0.05, 0) is 24.6 Å². The van der Waals surface area contributed by atoms with Crippen molar-refractivity contribution in [2.45, 2.75) is 6.92 Å². The van der Waals surface area contributed by atoms with Crippen LogP contribution in [-0.4, -0.2) is 21.9 Å². The molecule has 108 valence electrons. The van der Waals surface area contributed by atoms with Crippen LogP contribution in [0.1, 0.15) is 26.5 Å². The number of aromatic carboxylic acids is 1. The molecule has 0 saturated carbocycles. The van der Waals surface area contributed by atoms with Crippen LogP contribution in [0.3, 0.4) is 0 Å². The minimum Gasteiger partial charge on any atom is -0.478 e. The largest absolute Gasteiger partial charge is 0.478 e. The van der Waals surface area contributed by atoms with Gasteiger partial charge in [0.2, 0.25) is 0 Å². The number of carboxylic acid groups (broad SMARTS) is 1. The van der Waals surface area contributed by atoms with Crippen LogP contribution in [0.2, 0.25) is 0 Å². The summed E-state index contributed by atoms with van der Waals surface area (Å²) >= 11 is 0. The van der Waals surface area contributed by atoms with E-state index in [4.69, 9.17) is 9.52 Å². The van der Waals surface area contributed by atoms with E-state index in [-0.39, 0.29) is 17.0 Å². The number of rotatable bonds is 4. The second-order valence-corrected chi connectivity index (χ2v) is 4.15. The number of nitro groups is 1. The molecule has 0 fully saturated rings. The molecule has 0 unspecified atom stereocenters. The second-order valence-electron chi connectivity index (χ2n) is 4.15. The first-order chi connectivity index (χ1) is 9.90. The van der Waals surface area contributed by atoms with E-state index in [1.54, 1.807) is 19.1 Å². The van der Waals surface area contributed by atoms with Gasteiger partial charge in [-0.2, -0.15) is 0 Å². The summed E-state index contributed by atoms with van der Waals surface area (Å²) < 4.78 is 4.76. The molecule has 0 bridgehead atoms. The number of nitrogens with zero attached hydrogens (tertiary/aromatic N) is 1. The number of nitrogens with one attached hydrogen (secondary N) is 1. The molecule has 1 amide bonds. The lowest BCUT2D eigenvalue weighted by Gasteiger charge is -2.10. The molecule has 21 heavy (non-hydrogen) atoms. The molecule has 0 aliphatic carbocycles. The zero-order chi connectivity index (χ0) is 15.6. The maximum Gasteiger partial charge on any atom is 0.433 e. The van der Waals surface area contributed by atoms with Crippen LogP contribution in [0.5, 0.6) is 0 Å². The Hall–Kier alpha value is -3.16. The first kappa shape index (κ1) is 14.3. The van der Waals surface area contributed by atoms with E-state index in [0.29, 0.717) is 5.56 Å². The Labute approximate surface area is 118 Å². The van der Waals surface area contributed by atoms with Crippen molar-refractivity contribution in [2.75, 3.05) is 5.32 Å². The Kier molecular flexibility index (Phi) is 3.70. The van der Waals surface area contributed by atoms with Gasteiger partial charge in [0.15, 0.2) is 5.76 Å². The van der Waals surface area contributed by atoms with Crippen molar-refractivity contribution in [2.24, 2.45) is 0 Å². The molecule has 0 spiro atoms. The molecule has 0 aliphatic rings. The lowest BCUT2D eigenvalue weighted by molar-refractivity contribution is -0.402. The predicted molar refractivity (Wildman–Crippen MR) is 71.5 cm³/mol. The molecule has 2 rings (SSSR count). The molecule has 0 saturated heterocycles. The topological polar surface area (TPSA) is 123 Å². The summed E-state index contributed by atoms with van der Waals surface area (Å²) in [5.74, 6) is -2.80. The number of anilines is 1. The summed E-state index contributed by atoms with van der Waals surface area (Å²) in [6.45, 7) is 1.63. The Morgan fingerprint density at radius 3 is 2.57 bits per heavy atom. The van der Waals surface area contributed by atoms with Gasteiger partial charge in [0.05, 0.1) is 17.3 Å². The van der Waals surface area contributed by atoms with Gasteiger partial charge in [-0.15, -0.1) is 0 Å². The molecule has 1 aromatic heterocycles. The van der Waals surface area contributed by atoms with Crippen LogP contribution in [0.4, 0.5) is 11.6 Å². The van der Waals surface area contributed by atoms with Crippen molar-refractivity contribution in [3.05, 3.63) is 57.3 Å². The van der Waals surface area contributed by atoms with Crippen LogP contribution in [0.25, 0.3) is 0 Å². The molecular weight excluding hydrogens is 280 g/mol. The van der Waals surface area contributed by atoms with Crippen molar-refractivity contribution in [3.8, 4) is 0 Å². The number of hydrogen-bond acceptors (Lipinski definition) is 5. The van der Waals surface area contributed by atoms with Gasteiger partial charge >= 0.3 is 11.9 Å². The van der Waals surface area contributed by atoms with Crippen LogP contribution in [-0.2, 0) is 0 Å². The highest BCUT2D eigenvalue weighted by molar-refractivity contribution is 6.07. The van der Waals surface area contributed by atoms with Gasteiger partial charge in [-0.25, -0.2) is 4.79 Å². The van der Waals surface area contributed by atoms with E-state index < -0.39 is 22.7 Å². The highest BCUT2D eigenvalue weighted by atomic mass is 16.6. The molecule has 0 radical (unpaired) electrons. The van der Waals surface area contributed by atoms with E-state index in [1.165, 1.54) is 6.07 Å².